The smallest absolute Gasteiger partial charge is 0.0701 e. The molecule has 1 aliphatic rings. The minimum atomic E-state index is 0.0426. The van der Waals surface area contributed by atoms with Crippen LogP contribution >= 0.6 is 0 Å². The average Bonchev–Trinajstić information content (AvgIpc) is 2.80. The van der Waals surface area contributed by atoms with Crippen molar-refractivity contribution in [3.63, 3.8) is 0 Å². The maximum Gasteiger partial charge on any atom is 0.0701 e. The highest BCUT2D eigenvalue weighted by Gasteiger charge is 2.35. The van der Waals surface area contributed by atoms with E-state index in [2.05, 4.69) is 71.5 Å². The molecule has 0 spiro atoms. The van der Waals surface area contributed by atoms with Gasteiger partial charge in [-0.2, -0.15) is 0 Å². The second-order valence-electron chi connectivity index (χ2n) is 9.20. The third kappa shape index (κ3) is 5.63. The fourth-order valence-electron chi connectivity index (χ4n) is 3.36. The molecule has 2 atom stereocenters. The number of likely N-dealkylation sites (tertiary alicyclic amines) is 1. The molecule has 0 aromatic rings. The molecule has 0 aromatic carbocycles. The summed E-state index contributed by atoms with van der Waals surface area (Å²) in [5, 5.41) is 3.64. The van der Waals surface area contributed by atoms with Crippen LogP contribution in [0.3, 0.4) is 0 Å². The normalized spacial score (nSPS) is 20.3. The molecule has 1 aliphatic heterocycles. The predicted octanol–water partition coefficient (Wildman–Crippen LogP) is 4.39. The van der Waals surface area contributed by atoms with Crippen LogP contribution in [0.15, 0.2) is 36.8 Å². The zero-order valence-electron chi connectivity index (χ0n) is 16.1. The first-order chi connectivity index (χ1) is 10.3. The van der Waals surface area contributed by atoms with Gasteiger partial charge in [-0.1, -0.05) is 61.3 Å². The van der Waals surface area contributed by atoms with Gasteiger partial charge in [0.05, 0.1) is 12.1 Å². The summed E-state index contributed by atoms with van der Waals surface area (Å²) in [6.45, 7) is 27.0. The zero-order valence-corrected chi connectivity index (χ0v) is 16.1. The van der Waals surface area contributed by atoms with Crippen molar-refractivity contribution in [2.45, 2.75) is 72.9 Å². The fourth-order valence-corrected chi connectivity index (χ4v) is 3.36. The second kappa shape index (κ2) is 7.02. The van der Waals surface area contributed by atoms with Gasteiger partial charge < -0.3 is 16.0 Å². The number of hydrogen-bond acceptors (Lipinski definition) is 3. The van der Waals surface area contributed by atoms with E-state index in [-0.39, 0.29) is 22.9 Å². The Morgan fingerprint density at radius 3 is 2.17 bits per heavy atom. The predicted molar refractivity (Wildman–Crippen MR) is 102 cm³/mol. The first-order valence-electron chi connectivity index (χ1n) is 8.67. The van der Waals surface area contributed by atoms with E-state index in [1.807, 2.05) is 0 Å². The molecule has 0 amide bonds. The van der Waals surface area contributed by atoms with Crippen LogP contribution in [-0.4, -0.2) is 23.5 Å². The Morgan fingerprint density at radius 1 is 1.17 bits per heavy atom. The van der Waals surface area contributed by atoms with Gasteiger partial charge in [0.1, 0.15) is 0 Å². The van der Waals surface area contributed by atoms with Crippen LogP contribution in [0.2, 0.25) is 0 Å². The third-order valence-corrected chi connectivity index (χ3v) is 4.34. The summed E-state index contributed by atoms with van der Waals surface area (Å²) >= 11 is 0. The van der Waals surface area contributed by atoms with Crippen molar-refractivity contribution >= 4 is 0 Å². The molecule has 0 radical (unpaired) electrons. The standard InChI is InChI=1S/C20H37N3/c1-14(13-19(4,5)6)22-18(20(7,8)9)16(3)23-12-10-11-17(23)15(2)21/h17-18,22H,1-3,10-13,21H2,4-9H3/t17?,18-/m1/s1. The highest BCUT2D eigenvalue weighted by Crippen LogP contribution is 2.33. The van der Waals surface area contributed by atoms with Gasteiger partial charge in [0.25, 0.3) is 0 Å². The summed E-state index contributed by atoms with van der Waals surface area (Å²) in [5.41, 5.74) is 9.17. The summed E-state index contributed by atoms with van der Waals surface area (Å²) in [6.07, 6.45) is 3.15. The van der Waals surface area contributed by atoms with Crippen LogP contribution < -0.4 is 11.1 Å². The van der Waals surface area contributed by atoms with Gasteiger partial charge >= 0.3 is 0 Å². The number of nitrogens with two attached hydrogens (primary N) is 1. The number of hydrogen-bond donors (Lipinski definition) is 2. The van der Waals surface area contributed by atoms with Gasteiger partial charge in [0, 0.05) is 23.6 Å². The zero-order chi connectivity index (χ0) is 18.0. The lowest BCUT2D eigenvalue weighted by atomic mass is 9.83. The molecule has 1 fully saturated rings. The number of nitrogens with zero attached hydrogens (tertiary/aromatic N) is 1. The SMILES string of the molecule is C=C(CC(C)(C)C)N[C@H](C(=C)N1CCCC1C(=C)N)C(C)(C)C. The van der Waals surface area contributed by atoms with E-state index in [4.69, 9.17) is 5.73 Å². The molecule has 1 saturated heterocycles. The lowest BCUT2D eigenvalue weighted by Gasteiger charge is -2.41. The monoisotopic (exact) mass is 319 g/mol. The summed E-state index contributed by atoms with van der Waals surface area (Å²) in [5.74, 6) is 0. The largest absolute Gasteiger partial charge is 0.401 e. The van der Waals surface area contributed by atoms with E-state index in [1.165, 1.54) is 0 Å². The van der Waals surface area contributed by atoms with E-state index in [0.717, 1.165) is 42.9 Å². The van der Waals surface area contributed by atoms with Gasteiger partial charge in [0.15, 0.2) is 0 Å². The Balaban J connectivity index is 2.92. The van der Waals surface area contributed by atoms with Crippen molar-refractivity contribution in [2.75, 3.05) is 6.54 Å². The number of rotatable bonds is 6. The van der Waals surface area contributed by atoms with Gasteiger partial charge in [0.2, 0.25) is 0 Å². The molecule has 0 aliphatic carbocycles. The second-order valence-corrected chi connectivity index (χ2v) is 9.20. The molecule has 0 bridgehead atoms. The molecule has 0 saturated carbocycles. The minimum Gasteiger partial charge on any atom is -0.401 e. The molecular formula is C20H37N3. The summed E-state index contributed by atoms with van der Waals surface area (Å²) in [6, 6.07) is 0.349. The number of allylic oxidation sites excluding steroid dienone is 1. The average molecular weight is 320 g/mol. The molecule has 0 aromatic heterocycles. The first kappa shape index (κ1) is 19.7. The van der Waals surface area contributed by atoms with Crippen LogP contribution in [0.1, 0.15) is 60.8 Å². The van der Waals surface area contributed by atoms with Crippen molar-refractivity contribution in [3.05, 3.63) is 36.8 Å². The van der Waals surface area contributed by atoms with E-state index in [9.17, 15) is 0 Å². The highest BCUT2D eigenvalue weighted by molar-refractivity contribution is 5.19. The third-order valence-electron chi connectivity index (χ3n) is 4.34. The highest BCUT2D eigenvalue weighted by atomic mass is 15.2. The van der Waals surface area contributed by atoms with Gasteiger partial charge in [-0.25, -0.2) is 0 Å². The lowest BCUT2D eigenvalue weighted by Crippen LogP contribution is -2.48. The Kier molecular flexibility index (Phi) is 6.00. The molecular weight excluding hydrogens is 282 g/mol. The van der Waals surface area contributed by atoms with Crippen molar-refractivity contribution in [3.8, 4) is 0 Å². The molecule has 1 rings (SSSR count). The maximum absolute atomic E-state index is 6.00. The van der Waals surface area contributed by atoms with Crippen molar-refractivity contribution in [1.29, 1.82) is 0 Å². The Morgan fingerprint density at radius 2 is 1.74 bits per heavy atom. The van der Waals surface area contributed by atoms with Gasteiger partial charge in [-0.3, -0.25) is 0 Å². The van der Waals surface area contributed by atoms with Gasteiger partial charge in [-0.05, 0) is 30.1 Å². The quantitative estimate of drug-likeness (QED) is 0.763. The molecule has 3 heteroatoms. The van der Waals surface area contributed by atoms with Crippen LogP contribution in [0.25, 0.3) is 0 Å². The van der Waals surface area contributed by atoms with Crippen molar-refractivity contribution in [2.24, 2.45) is 16.6 Å². The van der Waals surface area contributed by atoms with Crippen molar-refractivity contribution in [1.82, 2.24) is 10.2 Å². The molecule has 3 nitrogen and oxygen atoms in total. The lowest BCUT2D eigenvalue weighted by molar-refractivity contribution is 0.235. The number of nitrogens with one attached hydrogen (secondary N) is 1. The minimum absolute atomic E-state index is 0.0426. The molecule has 132 valence electrons. The summed E-state index contributed by atoms with van der Waals surface area (Å²) < 4.78 is 0. The maximum atomic E-state index is 6.00. The molecule has 23 heavy (non-hydrogen) atoms. The van der Waals surface area contributed by atoms with E-state index >= 15 is 0 Å². The van der Waals surface area contributed by atoms with Crippen LogP contribution in [0.4, 0.5) is 0 Å². The molecule has 1 heterocycles. The van der Waals surface area contributed by atoms with Crippen LogP contribution in [0, 0.1) is 10.8 Å². The molecule has 1 unspecified atom stereocenters. The summed E-state index contributed by atoms with van der Waals surface area (Å²) in [4.78, 5) is 2.33. The first-order valence-corrected chi connectivity index (χ1v) is 8.67. The summed E-state index contributed by atoms with van der Waals surface area (Å²) in [7, 11) is 0. The molecule has 3 N–H and O–H groups in total. The van der Waals surface area contributed by atoms with Crippen molar-refractivity contribution < 1.29 is 0 Å². The van der Waals surface area contributed by atoms with Crippen LogP contribution in [0.5, 0.6) is 0 Å². The van der Waals surface area contributed by atoms with E-state index < -0.39 is 0 Å². The Hall–Kier alpha value is -1.38. The van der Waals surface area contributed by atoms with Gasteiger partial charge in [-0.15, -0.1) is 0 Å². The Labute approximate surface area is 143 Å². The van der Waals surface area contributed by atoms with E-state index in [1.54, 1.807) is 0 Å². The fraction of sp³-hybridized carbons (Fsp3) is 0.700. The topological polar surface area (TPSA) is 41.3 Å². The Bertz CT molecular complexity index is 462. The van der Waals surface area contributed by atoms with Crippen LogP contribution in [-0.2, 0) is 0 Å². The van der Waals surface area contributed by atoms with E-state index in [0.29, 0.717) is 0 Å².